The molecular formula is C17H25ClN2O. The van der Waals surface area contributed by atoms with Crippen LogP contribution in [0.4, 0.5) is 0 Å². The molecule has 3 nitrogen and oxygen atoms in total. The monoisotopic (exact) mass is 308 g/mol. The number of hydrogen-bond donors (Lipinski definition) is 1. The normalized spacial score (nSPS) is 19.4. The maximum atomic E-state index is 12.0. The summed E-state index contributed by atoms with van der Waals surface area (Å²) in [4.78, 5) is 14.6. The van der Waals surface area contributed by atoms with Crippen molar-refractivity contribution < 1.29 is 4.79 Å². The number of benzene rings is 1. The van der Waals surface area contributed by atoms with Gasteiger partial charge in [-0.2, -0.15) is 0 Å². The first-order valence-corrected chi connectivity index (χ1v) is 8.37. The third kappa shape index (κ3) is 4.72. The number of nitrogens with one attached hydrogen (secondary N) is 1. The first-order valence-electron chi connectivity index (χ1n) is 7.99. The van der Waals surface area contributed by atoms with E-state index < -0.39 is 0 Å². The molecule has 1 atom stereocenters. The van der Waals surface area contributed by atoms with Gasteiger partial charge >= 0.3 is 0 Å². The lowest BCUT2D eigenvalue weighted by Crippen LogP contribution is -2.40. The predicted octanol–water partition coefficient (Wildman–Crippen LogP) is 3.72. The van der Waals surface area contributed by atoms with Gasteiger partial charge < -0.3 is 10.2 Å². The Hall–Kier alpha value is -1.06. The van der Waals surface area contributed by atoms with Crippen molar-refractivity contribution in [2.24, 2.45) is 0 Å². The number of piperidine rings is 1. The molecular weight excluding hydrogens is 284 g/mol. The van der Waals surface area contributed by atoms with Crippen LogP contribution in [0.5, 0.6) is 0 Å². The van der Waals surface area contributed by atoms with Crippen molar-refractivity contribution >= 4 is 17.5 Å². The van der Waals surface area contributed by atoms with Gasteiger partial charge in [-0.25, -0.2) is 0 Å². The largest absolute Gasteiger partial charge is 0.352 e. The first kappa shape index (κ1) is 16.3. The number of nitrogens with zero attached hydrogens (tertiary/aromatic N) is 1. The van der Waals surface area contributed by atoms with E-state index in [0.29, 0.717) is 17.1 Å². The number of carbonyl (C=O) groups excluding carboxylic acids is 1. The van der Waals surface area contributed by atoms with Gasteiger partial charge in [-0.05, 0) is 44.4 Å². The number of halogens is 1. The Morgan fingerprint density at radius 3 is 2.95 bits per heavy atom. The number of likely N-dealkylation sites (tertiary alicyclic amines) is 1. The van der Waals surface area contributed by atoms with Gasteiger partial charge in [0.2, 0.25) is 0 Å². The molecule has 0 spiro atoms. The van der Waals surface area contributed by atoms with Crippen LogP contribution in [0.25, 0.3) is 0 Å². The molecule has 1 saturated heterocycles. The fourth-order valence-electron chi connectivity index (χ4n) is 3.04. The average molecular weight is 309 g/mol. The Bertz CT molecular complexity index is 464. The topological polar surface area (TPSA) is 32.3 Å². The smallest absolute Gasteiger partial charge is 0.252 e. The van der Waals surface area contributed by atoms with E-state index in [1.165, 1.54) is 32.2 Å². The van der Waals surface area contributed by atoms with E-state index in [4.69, 9.17) is 11.6 Å². The van der Waals surface area contributed by atoms with Crippen molar-refractivity contribution in [1.82, 2.24) is 10.2 Å². The second-order valence-electron chi connectivity index (χ2n) is 5.68. The minimum Gasteiger partial charge on any atom is -0.352 e. The summed E-state index contributed by atoms with van der Waals surface area (Å²) < 4.78 is 0. The summed E-state index contributed by atoms with van der Waals surface area (Å²) in [5.74, 6) is -0.0775. The van der Waals surface area contributed by atoms with Crippen molar-refractivity contribution in [3.8, 4) is 0 Å². The van der Waals surface area contributed by atoms with Crippen LogP contribution >= 0.6 is 11.6 Å². The van der Waals surface area contributed by atoms with Gasteiger partial charge in [0.05, 0.1) is 10.6 Å². The van der Waals surface area contributed by atoms with E-state index in [1.807, 2.05) is 12.1 Å². The van der Waals surface area contributed by atoms with E-state index in [9.17, 15) is 4.79 Å². The Balaban J connectivity index is 1.72. The van der Waals surface area contributed by atoms with Crippen LogP contribution in [-0.4, -0.2) is 36.5 Å². The van der Waals surface area contributed by atoms with Crippen LogP contribution in [0.1, 0.15) is 49.4 Å². The summed E-state index contributed by atoms with van der Waals surface area (Å²) in [5.41, 5.74) is 0.559. The van der Waals surface area contributed by atoms with Crippen molar-refractivity contribution in [2.45, 2.75) is 45.1 Å². The second kappa shape index (κ2) is 8.40. The molecule has 0 aliphatic carbocycles. The van der Waals surface area contributed by atoms with Crippen LogP contribution in [0, 0.1) is 0 Å². The molecule has 0 unspecified atom stereocenters. The molecule has 0 radical (unpaired) electrons. The summed E-state index contributed by atoms with van der Waals surface area (Å²) in [6.07, 6.45) is 6.21. The standard InChI is InChI=1S/C17H25ClN2O/c1-2-14-8-5-6-12-20(14)13-7-11-19-17(21)15-9-3-4-10-16(15)18/h3-4,9-10,14H,2,5-8,11-13H2,1H3,(H,19,21)/t14-/m0/s1. The van der Waals surface area contributed by atoms with Crippen LogP contribution in [0.2, 0.25) is 5.02 Å². The van der Waals surface area contributed by atoms with Crippen LogP contribution < -0.4 is 5.32 Å². The molecule has 21 heavy (non-hydrogen) atoms. The third-order valence-corrected chi connectivity index (χ3v) is 4.58. The van der Waals surface area contributed by atoms with Crippen LogP contribution in [0.3, 0.4) is 0 Å². The molecule has 0 bridgehead atoms. The first-order chi connectivity index (χ1) is 10.2. The molecule has 4 heteroatoms. The highest BCUT2D eigenvalue weighted by atomic mass is 35.5. The zero-order valence-electron chi connectivity index (χ0n) is 12.8. The lowest BCUT2D eigenvalue weighted by atomic mass is 10.00. The van der Waals surface area contributed by atoms with Crippen molar-refractivity contribution in [2.75, 3.05) is 19.6 Å². The maximum Gasteiger partial charge on any atom is 0.252 e. The molecule has 1 aromatic carbocycles. The fraction of sp³-hybridized carbons (Fsp3) is 0.588. The molecule has 0 aromatic heterocycles. The van der Waals surface area contributed by atoms with E-state index in [1.54, 1.807) is 12.1 Å². The molecule has 1 aromatic rings. The van der Waals surface area contributed by atoms with Gasteiger partial charge in [0.1, 0.15) is 0 Å². The molecule has 1 fully saturated rings. The zero-order chi connectivity index (χ0) is 15.1. The number of hydrogen-bond acceptors (Lipinski definition) is 2. The zero-order valence-corrected chi connectivity index (χ0v) is 13.5. The Morgan fingerprint density at radius 2 is 2.19 bits per heavy atom. The van der Waals surface area contributed by atoms with Crippen molar-refractivity contribution in [3.63, 3.8) is 0 Å². The highest BCUT2D eigenvalue weighted by Crippen LogP contribution is 2.19. The Morgan fingerprint density at radius 1 is 1.38 bits per heavy atom. The summed E-state index contributed by atoms with van der Waals surface area (Å²) >= 11 is 6.02. The van der Waals surface area contributed by atoms with E-state index in [2.05, 4.69) is 17.1 Å². The van der Waals surface area contributed by atoms with Gasteiger partial charge in [-0.15, -0.1) is 0 Å². The Kier molecular flexibility index (Phi) is 6.52. The number of amides is 1. The Labute approximate surface area is 132 Å². The number of rotatable bonds is 6. The minimum absolute atomic E-state index is 0.0775. The van der Waals surface area contributed by atoms with Gasteiger partial charge in [-0.3, -0.25) is 4.79 Å². The van der Waals surface area contributed by atoms with Gasteiger partial charge in [0.15, 0.2) is 0 Å². The summed E-state index contributed by atoms with van der Waals surface area (Å²) in [6, 6.07) is 7.91. The molecule has 116 valence electrons. The highest BCUT2D eigenvalue weighted by molar-refractivity contribution is 6.33. The minimum atomic E-state index is -0.0775. The van der Waals surface area contributed by atoms with Gasteiger partial charge in [-0.1, -0.05) is 37.1 Å². The molecule has 1 aliphatic rings. The molecule has 1 aliphatic heterocycles. The molecule has 2 rings (SSSR count). The van der Waals surface area contributed by atoms with Crippen LogP contribution in [0.15, 0.2) is 24.3 Å². The average Bonchev–Trinajstić information content (AvgIpc) is 2.52. The summed E-state index contributed by atoms with van der Waals surface area (Å²) in [6.45, 7) is 5.25. The highest BCUT2D eigenvalue weighted by Gasteiger charge is 2.19. The maximum absolute atomic E-state index is 12.0. The molecule has 1 heterocycles. The summed E-state index contributed by atoms with van der Waals surface area (Å²) in [7, 11) is 0. The molecule has 1 amide bonds. The number of carbonyl (C=O) groups is 1. The van der Waals surface area contributed by atoms with Crippen molar-refractivity contribution in [1.29, 1.82) is 0 Å². The molecule has 1 N–H and O–H groups in total. The quantitative estimate of drug-likeness (QED) is 0.812. The van der Waals surface area contributed by atoms with E-state index in [-0.39, 0.29) is 5.91 Å². The predicted molar refractivity (Wildman–Crippen MR) is 87.9 cm³/mol. The second-order valence-corrected chi connectivity index (χ2v) is 6.09. The van der Waals surface area contributed by atoms with Crippen molar-refractivity contribution in [3.05, 3.63) is 34.9 Å². The lowest BCUT2D eigenvalue weighted by molar-refractivity contribution is 0.0947. The van der Waals surface area contributed by atoms with Gasteiger partial charge in [0.25, 0.3) is 5.91 Å². The molecule has 0 saturated carbocycles. The van der Waals surface area contributed by atoms with Crippen LogP contribution in [-0.2, 0) is 0 Å². The van der Waals surface area contributed by atoms with E-state index in [0.717, 1.165) is 19.0 Å². The van der Waals surface area contributed by atoms with Gasteiger partial charge in [0, 0.05) is 19.1 Å². The fourth-order valence-corrected chi connectivity index (χ4v) is 3.26. The SMILES string of the molecule is CC[C@H]1CCCCN1CCCNC(=O)c1ccccc1Cl. The summed E-state index contributed by atoms with van der Waals surface area (Å²) in [5, 5.41) is 3.47. The van der Waals surface area contributed by atoms with E-state index >= 15 is 0 Å². The third-order valence-electron chi connectivity index (χ3n) is 4.25. The lowest BCUT2D eigenvalue weighted by Gasteiger charge is -2.35.